The van der Waals surface area contributed by atoms with E-state index in [0.717, 1.165) is 0 Å². The monoisotopic (exact) mass is 218 g/mol. The molecule has 0 fully saturated rings. The van der Waals surface area contributed by atoms with Crippen LogP contribution in [0.2, 0.25) is 0 Å². The van der Waals surface area contributed by atoms with Crippen molar-refractivity contribution in [2.75, 3.05) is 13.7 Å². The van der Waals surface area contributed by atoms with Gasteiger partial charge in [-0.25, -0.2) is 4.79 Å². The summed E-state index contributed by atoms with van der Waals surface area (Å²) in [7, 11) is 1.54. The van der Waals surface area contributed by atoms with Gasteiger partial charge in [0.25, 0.3) is 0 Å². The van der Waals surface area contributed by atoms with Crippen molar-refractivity contribution in [1.82, 2.24) is 10.6 Å². The van der Waals surface area contributed by atoms with Gasteiger partial charge in [-0.1, -0.05) is 0 Å². The maximum absolute atomic E-state index is 11.2. The van der Waals surface area contributed by atoms with Crippen LogP contribution in [0, 0.1) is 0 Å². The molecule has 2 amide bonds. The van der Waals surface area contributed by atoms with Crippen LogP contribution in [-0.4, -0.2) is 42.4 Å². The summed E-state index contributed by atoms with van der Waals surface area (Å²) in [5.74, 6) is -1.07. The molecule has 0 aromatic carbocycles. The molecule has 1 atom stereocenters. The number of urea groups is 1. The van der Waals surface area contributed by atoms with Crippen molar-refractivity contribution in [1.29, 1.82) is 0 Å². The summed E-state index contributed by atoms with van der Waals surface area (Å²) in [6.45, 7) is 5.33. The molecule has 0 unspecified atom stereocenters. The molecule has 0 aliphatic rings. The number of carboxylic acids is 1. The van der Waals surface area contributed by atoms with Gasteiger partial charge in [0, 0.05) is 13.7 Å². The first-order valence-corrected chi connectivity index (χ1v) is 4.61. The second-order valence-electron chi connectivity index (χ2n) is 3.85. The molecular formula is C9H18N2O4. The van der Waals surface area contributed by atoms with E-state index in [1.807, 2.05) is 13.8 Å². The topological polar surface area (TPSA) is 87.7 Å². The molecule has 0 aliphatic carbocycles. The fourth-order valence-electron chi connectivity index (χ4n) is 0.675. The number of carbonyl (C=O) groups is 2. The van der Waals surface area contributed by atoms with E-state index in [4.69, 9.17) is 9.84 Å². The van der Waals surface area contributed by atoms with E-state index in [9.17, 15) is 9.59 Å². The molecule has 0 heterocycles. The lowest BCUT2D eigenvalue weighted by molar-refractivity contribution is -0.138. The highest BCUT2D eigenvalue weighted by molar-refractivity contribution is 5.82. The molecular weight excluding hydrogens is 200 g/mol. The van der Waals surface area contributed by atoms with Crippen LogP contribution in [0.3, 0.4) is 0 Å². The molecule has 6 heteroatoms. The van der Waals surface area contributed by atoms with Crippen molar-refractivity contribution < 1.29 is 19.4 Å². The van der Waals surface area contributed by atoms with Gasteiger partial charge >= 0.3 is 12.0 Å². The van der Waals surface area contributed by atoms with Crippen LogP contribution >= 0.6 is 0 Å². The highest BCUT2D eigenvalue weighted by Crippen LogP contribution is 2.04. The molecule has 0 aromatic rings. The minimum Gasteiger partial charge on any atom is -0.480 e. The Balaban J connectivity index is 3.91. The Morgan fingerprint density at radius 3 is 2.40 bits per heavy atom. The number of carboxylic acid groups (broad SMARTS) is 1. The molecule has 6 nitrogen and oxygen atoms in total. The third-order valence-electron chi connectivity index (χ3n) is 1.95. The van der Waals surface area contributed by atoms with Crippen LogP contribution in [-0.2, 0) is 9.53 Å². The average Bonchev–Trinajstić information content (AvgIpc) is 2.15. The Morgan fingerprint density at radius 1 is 1.47 bits per heavy atom. The fourth-order valence-corrected chi connectivity index (χ4v) is 0.675. The van der Waals surface area contributed by atoms with Gasteiger partial charge < -0.3 is 20.5 Å². The molecule has 88 valence electrons. The summed E-state index contributed by atoms with van der Waals surface area (Å²) in [5.41, 5.74) is -0.468. The summed E-state index contributed by atoms with van der Waals surface area (Å²) < 4.78 is 5.08. The molecule has 0 rings (SSSR count). The normalized spacial score (nSPS) is 13.1. The Morgan fingerprint density at radius 2 is 2.00 bits per heavy atom. The molecule has 0 saturated heterocycles. The summed E-state index contributed by atoms with van der Waals surface area (Å²) >= 11 is 0. The van der Waals surface area contributed by atoms with Crippen LogP contribution in [0.15, 0.2) is 0 Å². The van der Waals surface area contributed by atoms with Gasteiger partial charge in [0.2, 0.25) is 0 Å². The minimum atomic E-state index is -1.07. The predicted octanol–water partition coefficient (Wildman–Crippen LogP) is 0.184. The zero-order valence-electron chi connectivity index (χ0n) is 9.46. The molecule has 0 aromatic heterocycles. The number of rotatable bonds is 5. The van der Waals surface area contributed by atoms with E-state index >= 15 is 0 Å². The fraction of sp³-hybridized carbons (Fsp3) is 0.778. The van der Waals surface area contributed by atoms with E-state index < -0.39 is 23.6 Å². The maximum Gasteiger partial charge on any atom is 0.325 e. The Bertz CT molecular complexity index is 240. The predicted molar refractivity (Wildman–Crippen MR) is 54.7 cm³/mol. The molecule has 0 bridgehead atoms. The van der Waals surface area contributed by atoms with E-state index in [1.165, 1.54) is 6.92 Å². The summed E-state index contributed by atoms with van der Waals surface area (Å²) in [5, 5.41) is 13.3. The zero-order chi connectivity index (χ0) is 12.1. The smallest absolute Gasteiger partial charge is 0.325 e. The lowest BCUT2D eigenvalue weighted by Crippen LogP contribution is -2.48. The van der Waals surface area contributed by atoms with E-state index in [0.29, 0.717) is 6.54 Å². The van der Waals surface area contributed by atoms with Crippen LogP contribution < -0.4 is 10.6 Å². The third-order valence-corrected chi connectivity index (χ3v) is 1.95. The molecule has 3 N–H and O–H groups in total. The van der Waals surface area contributed by atoms with Crippen molar-refractivity contribution in [3.05, 3.63) is 0 Å². The van der Waals surface area contributed by atoms with Crippen LogP contribution in [0.1, 0.15) is 20.8 Å². The Hall–Kier alpha value is -1.30. The number of amides is 2. The highest BCUT2D eigenvalue weighted by atomic mass is 16.5. The molecule has 0 spiro atoms. The number of aliphatic carboxylic acids is 1. The standard InChI is InChI=1S/C9H18N2O4/c1-6(7(12)13)11-8(14)10-5-9(2,3)15-4/h6H,5H2,1-4H3,(H,12,13)(H2,10,11,14)/t6-/m1/s1. The molecule has 0 radical (unpaired) electrons. The van der Waals surface area contributed by atoms with Gasteiger partial charge in [0.1, 0.15) is 6.04 Å². The summed E-state index contributed by atoms with van der Waals surface area (Å²) in [6.07, 6.45) is 0. The number of hydrogen-bond donors (Lipinski definition) is 3. The summed E-state index contributed by atoms with van der Waals surface area (Å²) in [4.78, 5) is 21.6. The van der Waals surface area contributed by atoms with Gasteiger partial charge in [-0.15, -0.1) is 0 Å². The number of nitrogens with one attached hydrogen (secondary N) is 2. The first kappa shape index (κ1) is 13.7. The quantitative estimate of drug-likeness (QED) is 0.614. The Labute approximate surface area is 89.0 Å². The maximum atomic E-state index is 11.2. The molecule has 15 heavy (non-hydrogen) atoms. The van der Waals surface area contributed by atoms with Gasteiger partial charge in [-0.2, -0.15) is 0 Å². The van der Waals surface area contributed by atoms with Crippen LogP contribution in [0.5, 0.6) is 0 Å². The van der Waals surface area contributed by atoms with Crippen molar-refractivity contribution in [2.24, 2.45) is 0 Å². The number of carbonyl (C=O) groups excluding carboxylic acids is 1. The van der Waals surface area contributed by atoms with E-state index in [1.54, 1.807) is 7.11 Å². The second-order valence-corrected chi connectivity index (χ2v) is 3.85. The van der Waals surface area contributed by atoms with Crippen LogP contribution in [0.4, 0.5) is 4.79 Å². The van der Waals surface area contributed by atoms with Gasteiger partial charge in [0.05, 0.1) is 5.60 Å². The molecule has 0 saturated carbocycles. The highest BCUT2D eigenvalue weighted by Gasteiger charge is 2.19. The van der Waals surface area contributed by atoms with Crippen molar-refractivity contribution in [3.8, 4) is 0 Å². The average molecular weight is 218 g/mol. The van der Waals surface area contributed by atoms with Crippen molar-refractivity contribution in [2.45, 2.75) is 32.4 Å². The number of methoxy groups -OCH3 is 1. The Kier molecular flexibility index (Phi) is 5.07. The largest absolute Gasteiger partial charge is 0.480 e. The number of hydrogen-bond acceptors (Lipinski definition) is 3. The first-order valence-electron chi connectivity index (χ1n) is 4.61. The number of ether oxygens (including phenoxy) is 1. The van der Waals surface area contributed by atoms with E-state index in [2.05, 4.69) is 10.6 Å². The SMILES string of the molecule is COC(C)(C)CNC(=O)N[C@H](C)C(=O)O. The van der Waals surface area contributed by atoms with Gasteiger partial charge in [-0.05, 0) is 20.8 Å². The van der Waals surface area contributed by atoms with Crippen molar-refractivity contribution >= 4 is 12.0 Å². The zero-order valence-corrected chi connectivity index (χ0v) is 9.46. The van der Waals surface area contributed by atoms with Gasteiger partial charge in [0.15, 0.2) is 0 Å². The first-order chi connectivity index (χ1) is 6.78. The summed E-state index contributed by atoms with van der Waals surface area (Å²) in [6, 6.07) is -1.43. The second kappa shape index (κ2) is 5.55. The third kappa shape index (κ3) is 5.90. The van der Waals surface area contributed by atoms with Crippen molar-refractivity contribution in [3.63, 3.8) is 0 Å². The molecule has 0 aliphatic heterocycles. The lowest BCUT2D eigenvalue weighted by atomic mass is 10.1. The minimum absolute atomic E-state index is 0.307. The lowest BCUT2D eigenvalue weighted by Gasteiger charge is -2.23. The van der Waals surface area contributed by atoms with Gasteiger partial charge in [-0.3, -0.25) is 4.79 Å². The van der Waals surface area contributed by atoms with Crippen LogP contribution in [0.25, 0.3) is 0 Å². The van der Waals surface area contributed by atoms with E-state index in [-0.39, 0.29) is 0 Å².